The third kappa shape index (κ3) is 3.58. The van der Waals surface area contributed by atoms with Crippen LogP contribution in [0.2, 0.25) is 0 Å². The van der Waals surface area contributed by atoms with Crippen molar-refractivity contribution in [1.82, 2.24) is 0 Å². The summed E-state index contributed by atoms with van der Waals surface area (Å²) in [5.41, 5.74) is 3.67. The first-order valence-corrected chi connectivity index (χ1v) is 6.85. The van der Waals surface area contributed by atoms with Crippen molar-refractivity contribution < 1.29 is 9.90 Å². The van der Waals surface area contributed by atoms with Crippen LogP contribution in [0.3, 0.4) is 0 Å². The predicted molar refractivity (Wildman–Crippen MR) is 79.6 cm³/mol. The SMILES string of the molecule is CCc1cccc(C)c1N(C(=O)CCl)/C(C)=C/CO. The average molecular weight is 282 g/mol. The molecule has 0 saturated heterocycles. The number of aliphatic hydroxyl groups excluding tert-OH is 1. The molecule has 1 aromatic carbocycles. The minimum absolute atomic E-state index is 0.0892. The summed E-state index contributed by atoms with van der Waals surface area (Å²) in [5, 5.41) is 9.04. The number of aryl methyl sites for hydroxylation is 2. The summed E-state index contributed by atoms with van der Waals surface area (Å²) < 4.78 is 0. The Morgan fingerprint density at radius 2 is 2.16 bits per heavy atom. The number of carbonyl (C=O) groups excluding carboxylic acids is 1. The average Bonchev–Trinajstić information content (AvgIpc) is 2.40. The molecule has 0 aliphatic heterocycles. The molecule has 0 bridgehead atoms. The largest absolute Gasteiger partial charge is 0.392 e. The third-order valence-electron chi connectivity index (χ3n) is 3.03. The van der Waals surface area contributed by atoms with Crippen LogP contribution in [0.1, 0.15) is 25.0 Å². The van der Waals surface area contributed by atoms with Gasteiger partial charge in [0.25, 0.3) is 0 Å². The second-order valence-corrected chi connectivity index (χ2v) is 4.59. The molecule has 0 saturated carbocycles. The van der Waals surface area contributed by atoms with Crippen LogP contribution in [-0.2, 0) is 11.2 Å². The summed E-state index contributed by atoms with van der Waals surface area (Å²) in [7, 11) is 0. The molecule has 1 rings (SSSR count). The number of alkyl halides is 1. The first-order chi connectivity index (χ1) is 9.06. The van der Waals surface area contributed by atoms with Gasteiger partial charge in [0.15, 0.2) is 0 Å². The lowest BCUT2D eigenvalue weighted by Gasteiger charge is -2.27. The smallest absolute Gasteiger partial charge is 0.246 e. The van der Waals surface area contributed by atoms with E-state index in [0.717, 1.165) is 23.2 Å². The highest BCUT2D eigenvalue weighted by atomic mass is 35.5. The van der Waals surface area contributed by atoms with E-state index in [0.29, 0.717) is 5.70 Å². The molecule has 0 unspecified atom stereocenters. The van der Waals surface area contributed by atoms with E-state index >= 15 is 0 Å². The van der Waals surface area contributed by atoms with Gasteiger partial charge in [-0.3, -0.25) is 9.69 Å². The third-order valence-corrected chi connectivity index (χ3v) is 3.26. The van der Waals surface area contributed by atoms with Gasteiger partial charge in [-0.1, -0.05) is 25.1 Å². The molecule has 0 radical (unpaired) electrons. The van der Waals surface area contributed by atoms with E-state index in [-0.39, 0.29) is 18.4 Å². The normalized spacial score (nSPS) is 11.5. The maximum atomic E-state index is 12.1. The highest BCUT2D eigenvalue weighted by molar-refractivity contribution is 6.29. The summed E-state index contributed by atoms with van der Waals surface area (Å²) >= 11 is 5.71. The number of anilines is 1. The Labute approximate surface area is 119 Å². The Morgan fingerprint density at radius 3 is 2.68 bits per heavy atom. The van der Waals surface area contributed by atoms with E-state index in [1.165, 1.54) is 0 Å². The number of aliphatic hydroxyl groups is 1. The molecule has 0 heterocycles. The second-order valence-electron chi connectivity index (χ2n) is 4.33. The Balaban J connectivity index is 3.41. The molecule has 0 atom stereocenters. The van der Waals surface area contributed by atoms with Gasteiger partial charge in [-0.25, -0.2) is 0 Å². The quantitative estimate of drug-likeness (QED) is 0.843. The molecule has 4 heteroatoms. The summed E-state index contributed by atoms with van der Waals surface area (Å²) in [5.74, 6) is -0.276. The predicted octanol–water partition coefficient (Wildman–Crippen LogP) is 3.03. The number of amides is 1. The number of hydrogen-bond donors (Lipinski definition) is 1. The zero-order valence-corrected chi connectivity index (χ0v) is 12.4. The lowest BCUT2D eigenvalue weighted by atomic mass is 10.0. The van der Waals surface area contributed by atoms with Crippen LogP contribution in [-0.4, -0.2) is 23.5 Å². The lowest BCUT2D eigenvalue weighted by Crippen LogP contribution is -2.32. The van der Waals surface area contributed by atoms with Crippen LogP contribution < -0.4 is 4.90 Å². The number of hydrogen-bond acceptors (Lipinski definition) is 2. The molecule has 19 heavy (non-hydrogen) atoms. The van der Waals surface area contributed by atoms with Crippen molar-refractivity contribution in [3.8, 4) is 0 Å². The minimum atomic E-state index is -0.187. The van der Waals surface area contributed by atoms with Crippen LogP contribution in [0.15, 0.2) is 30.0 Å². The van der Waals surface area contributed by atoms with E-state index in [2.05, 4.69) is 0 Å². The number of rotatable bonds is 5. The van der Waals surface area contributed by atoms with E-state index in [4.69, 9.17) is 16.7 Å². The molecule has 1 aromatic rings. The van der Waals surface area contributed by atoms with Gasteiger partial charge in [0.2, 0.25) is 5.91 Å². The van der Waals surface area contributed by atoms with Gasteiger partial charge in [0, 0.05) is 5.70 Å². The molecule has 1 amide bonds. The number of carbonyl (C=O) groups is 1. The Kier molecular flexibility index (Phi) is 6.06. The van der Waals surface area contributed by atoms with Gasteiger partial charge in [0.1, 0.15) is 5.88 Å². The van der Waals surface area contributed by atoms with Crippen molar-refractivity contribution in [2.75, 3.05) is 17.4 Å². The molecule has 0 spiro atoms. The number of halogens is 1. The van der Waals surface area contributed by atoms with Crippen molar-refractivity contribution in [1.29, 1.82) is 0 Å². The molecule has 1 N–H and O–H groups in total. The Bertz CT molecular complexity index is 483. The summed E-state index contributed by atoms with van der Waals surface area (Å²) in [6, 6.07) is 5.95. The monoisotopic (exact) mass is 281 g/mol. The first-order valence-electron chi connectivity index (χ1n) is 6.31. The maximum absolute atomic E-state index is 12.1. The topological polar surface area (TPSA) is 40.5 Å². The molecule has 0 aliphatic rings. The fourth-order valence-corrected chi connectivity index (χ4v) is 2.23. The van der Waals surface area contributed by atoms with Crippen LogP contribution in [0.5, 0.6) is 0 Å². The van der Waals surface area contributed by atoms with Crippen molar-refractivity contribution in [3.63, 3.8) is 0 Å². The Morgan fingerprint density at radius 1 is 1.47 bits per heavy atom. The zero-order chi connectivity index (χ0) is 14.4. The molecule has 3 nitrogen and oxygen atoms in total. The molecule has 0 aromatic heterocycles. The highest BCUT2D eigenvalue weighted by Crippen LogP contribution is 2.29. The number of allylic oxidation sites excluding steroid dienone is 1. The maximum Gasteiger partial charge on any atom is 0.246 e. The van der Waals surface area contributed by atoms with Crippen molar-refractivity contribution in [2.24, 2.45) is 0 Å². The molecular weight excluding hydrogens is 262 g/mol. The Hall–Kier alpha value is -1.32. The van der Waals surface area contributed by atoms with Gasteiger partial charge in [-0.05, 0) is 37.5 Å². The zero-order valence-electron chi connectivity index (χ0n) is 11.6. The van der Waals surface area contributed by atoms with Crippen LogP contribution in [0.25, 0.3) is 0 Å². The molecule has 0 aliphatic carbocycles. The van der Waals surface area contributed by atoms with Gasteiger partial charge < -0.3 is 5.11 Å². The van der Waals surface area contributed by atoms with Crippen molar-refractivity contribution >= 4 is 23.2 Å². The molecular formula is C15H20ClNO2. The fourth-order valence-electron chi connectivity index (χ4n) is 2.11. The minimum Gasteiger partial charge on any atom is -0.392 e. The van der Waals surface area contributed by atoms with Crippen molar-refractivity contribution in [2.45, 2.75) is 27.2 Å². The van der Waals surface area contributed by atoms with E-state index in [1.54, 1.807) is 17.9 Å². The van der Waals surface area contributed by atoms with Gasteiger partial charge in [-0.2, -0.15) is 0 Å². The van der Waals surface area contributed by atoms with Gasteiger partial charge in [0.05, 0.1) is 12.3 Å². The summed E-state index contributed by atoms with van der Waals surface area (Å²) in [6.07, 6.45) is 2.44. The lowest BCUT2D eigenvalue weighted by molar-refractivity contribution is -0.115. The van der Waals surface area contributed by atoms with Crippen LogP contribution in [0, 0.1) is 6.92 Å². The second kappa shape index (κ2) is 7.31. The summed E-state index contributed by atoms with van der Waals surface area (Å²) in [4.78, 5) is 13.7. The van der Waals surface area contributed by atoms with E-state index in [1.807, 2.05) is 32.0 Å². The van der Waals surface area contributed by atoms with E-state index < -0.39 is 0 Å². The molecule has 104 valence electrons. The molecule has 0 fully saturated rings. The number of nitrogens with zero attached hydrogens (tertiary/aromatic N) is 1. The number of benzene rings is 1. The highest BCUT2D eigenvalue weighted by Gasteiger charge is 2.20. The van der Waals surface area contributed by atoms with Gasteiger partial charge >= 0.3 is 0 Å². The summed E-state index contributed by atoms with van der Waals surface area (Å²) in [6.45, 7) is 5.71. The first kappa shape index (κ1) is 15.7. The van der Waals surface area contributed by atoms with E-state index in [9.17, 15) is 4.79 Å². The number of para-hydroxylation sites is 1. The van der Waals surface area contributed by atoms with Crippen molar-refractivity contribution in [3.05, 3.63) is 41.1 Å². The van der Waals surface area contributed by atoms with Crippen LogP contribution in [0.4, 0.5) is 5.69 Å². The standard InChI is InChI=1S/C15H20ClNO2/c1-4-13-7-5-6-11(2)15(13)17(14(19)10-16)12(3)8-9-18/h5-8,18H,4,9-10H2,1-3H3/b12-8+. The van der Waals surface area contributed by atoms with Crippen LogP contribution >= 0.6 is 11.6 Å². The fraction of sp³-hybridized carbons (Fsp3) is 0.400. The van der Waals surface area contributed by atoms with Gasteiger partial charge in [-0.15, -0.1) is 11.6 Å².